The van der Waals surface area contributed by atoms with E-state index in [1.54, 1.807) is 0 Å². The molecule has 0 aromatic heterocycles. The molecule has 0 radical (unpaired) electrons. The van der Waals surface area contributed by atoms with Crippen LogP contribution in [0.4, 0.5) is 17.1 Å². The van der Waals surface area contributed by atoms with E-state index < -0.39 is 0 Å². The Morgan fingerprint density at radius 3 is 2.64 bits per heavy atom. The summed E-state index contributed by atoms with van der Waals surface area (Å²) in [6.45, 7) is 5.07. The third-order valence-electron chi connectivity index (χ3n) is 5.09. The van der Waals surface area contributed by atoms with Gasteiger partial charge >= 0.3 is 0 Å². The Bertz CT molecular complexity index is 874. The fourth-order valence-electron chi connectivity index (χ4n) is 3.40. The maximum absolute atomic E-state index is 12.7. The predicted molar refractivity (Wildman–Crippen MR) is 115 cm³/mol. The fraction of sp³-hybridized carbons (Fsp3) is 0.391. The molecule has 148 valence electrons. The van der Waals surface area contributed by atoms with Crippen LogP contribution in [0.1, 0.15) is 42.6 Å². The molecule has 3 rings (SSSR count). The van der Waals surface area contributed by atoms with Gasteiger partial charge in [0.25, 0.3) is 5.91 Å². The van der Waals surface area contributed by atoms with Gasteiger partial charge in [0.05, 0.1) is 0 Å². The first-order valence-electron chi connectivity index (χ1n) is 9.87. The van der Waals surface area contributed by atoms with Gasteiger partial charge in [-0.05, 0) is 60.7 Å². The first kappa shape index (κ1) is 19.9. The number of carbonyl (C=O) groups is 2. The van der Waals surface area contributed by atoms with Crippen LogP contribution in [-0.4, -0.2) is 32.5 Å². The molecule has 0 atom stereocenters. The van der Waals surface area contributed by atoms with Crippen molar-refractivity contribution >= 4 is 28.9 Å². The highest BCUT2D eigenvalue weighted by Crippen LogP contribution is 2.31. The van der Waals surface area contributed by atoms with Gasteiger partial charge in [-0.3, -0.25) is 9.59 Å². The van der Waals surface area contributed by atoms with Gasteiger partial charge in [-0.1, -0.05) is 19.9 Å². The number of fused-ring (bicyclic) bond motifs is 1. The third kappa shape index (κ3) is 4.53. The summed E-state index contributed by atoms with van der Waals surface area (Å²) in [5.74, 6) is 0.604. The second kappa shape index (κ2) is 8.46. The number of aryl methyl sites for hydroxylation is 1. The third-order valence-corrected chi connectivity index (χ3v) is 5.09. The van der Waals surface area contributed by atoms with Gasteiger partial charge in [0.15, 0.2) is 0 Å². The lowest BCUT2D eigenvalue weighted by molar-refractivity contribution is -0.118. The molecule has 1 aliphatic heterocycles. The minimum Gasteiger partial charge on any atom is -0.378 e. The maximum Gasteiger partial charge on any atom is 0.255 e. The topological polar surface area (TPSA) is 52.7 Å². The molecule has 5 nitrogen and oxygen atoms in total. The van der Waals surface area contributed by atoms with Crippen molar-refractivity contribution in [1.29, 1.82) is 0 Å². The van der Waals surface area contributed by atoms with Crippen molar-refractivity contribution in [2.75, 3.05) is 35.8 Å². The highest BCUT2D eigenvalue weighted by molar-refractivity contribution is 6.05. The number of nitrogens with one attached hydrogen (secondary N) is 1. The van der Waals surface area contributed by atoms with Crippen molar-refractivity contribution in [1.82, 2.24) is 0 Å². The van der Waals surface area contributed by atoms with Crippen molar-refractivity contribution in [3.63, 3.8) is 0 Å². The largest absolute Gasteiger partial charge is 0.378 e. The fourth-order valence-corrected chi connectivity index (χ4v) is 3.40. The van der Waals surface area contributed by atoms with E-state index >= 15 is 0 Å². The molecule has 0 spiro atoms. The molecule has 2 aromatic carbocycles. The van der Waals surface area contributed by atoms with Crippen LogP contribution < -0.4 is 15.1 Å². The smallest absolute Gasteiger partial charge is 0.255 e. The summed E-state index contributed by atoms with van der Waals surface area (Å²) in [5.41, 5.74) is 4.46. The SMILES string of the molecule is CC(C)CCN1C(=O)CCc2cc(NC(=O)c3cccc(N(C)C)c3)ccc21. The van der Waals surface area contributed by atoms with Crippen molar-refractivity contribution in [2.24, 2.45) is 5.92 Å². The second-order valence-electron chi connectivity index (χ2n) is 7.97. The van der Waals surface area contributed by atoms with Crippen LogP contribution in [0, 0.1) is 5.92 Å². The maximum atomic E-state index is 12.7. The number of hydrogen-bond donors (Lipinski definition) is 1. The molecule has 5 heteroatoms. The van der Waals surface area contributed by atoms with Crippen molar-refractivity contribution in [2.45, 2.75) is 33.1 Å². The summed E-state index contributed by atoms with van der Waals surface area (Å²) in [6.07, 6.45) is 2.21. The van der Waals surface area contributed by atoms with Crippen LogP contribution >= 0.6 is 0 Å². The molecule has 0 unspecified atom stereocenters. The molecular weight excluding hydrogens is 350 g/mol. The Hall–Kier alpha value is -2.82. The number of anilines is 3. The number of hydrogen-bond acceptors (Lipinski definition) is 3. The minimum atomic E-state index is -0.132. The molecule has 0 aliphatic carbocycles. The lowest BCUT2D eigenvalue weighted by atomic mass is 9.99. The summed E-state index contributed by atoms with van der Waals surface area (Å²) in [5, 5.41) is 2.99. The number of carbonyl (C=O) groups excluding carboxylic acids is 2. The van der Waals surface area contributed by atoms with Crippen molar-refractivity contribution < 1.29 is 9.59 Å². The van der Waals surface area contributed by atoms with Gasteiger partial charge in [-0.2, -0.15) is 0 Å². The summed E-state index contributed by atoms with van der Waals surface area (Å²) in [7, 11) is 3.90. The molecule has 0 bridgehead atoms. The average Bonchev–Trinajstić information content (AvgIpc) is 2.67. The monoisotopic (exact) mass is 379 g/mol. The minimum absolute atomic E-state index is 0.132. The lowest BCUT2D eigenvalue weighted by Crippen LogP contribution is -2.36. The molecule has 1 heterocycles. The molecule has 0 saturated carbocycles. The van der Waals surface area contributed by atoms with E-state index in [2.05, 4.69) is 19.2 Å². The molecule has 28 heavy (non-hydrogen) atoms. The predicted octanol–water partition coefficient (Wildman–Crippen LogP) is 4.33. The van der Waals surface area contributed by atoms with Gasteiger partial charge in [0.1, 0.15) is 0 Å². The van der Waals surface area contributed by atoms with Gasteiger partial charge < -0.3 is 15.1 Å². The first-order chi connectivity index (χ1) is 13.3. The van der Waals surface area contributed by atoms with Crippen LogP contribution in [0.2, 0.25) is 0 Å². The molecular formula is C23H29N3O2. The van der Waals surface area contributed by atoms with Crippen LogP contribution in [0.15, 0.2) is 42.5 Å². The number of benzene rings is 2. The first-order valence-corrected chi connectivity index (χ1v) is 9.87. The van der Waals surface area contributed by atoms with Gasteiger partial charge in [-0.15, -0.1) is 0 Å². The number of rotatable bonds is 6. The molecule has 0 saturated heterocycles. The molecule has 0 fully saturated rings. The quantitative estimate of drug-likeness (QED) is 0.813. The Morgan fingerprint density at radius 2 is 1.93 bits per heavy atom. The van der Waals surface area contributed by atoms with Gasteiger partial charge in [0, 0.05) is 49.7 Å². The Balaban J connectivity index is 1.77. The highest BCUT2D eigenvalue weighted by Gasteiger charge is 2.24. The summed E-state index contributed by atoms with van der Waals surface area (Å²) in [4.78, 5) is 28.9. The molecule has 1 N–H and O–H groups in total. The Labute approximate surface area is 167 Å². The summed E-state index contributed by atoms with van der Waals surface area (Å²) >= 11 is 0. The van der Waals surface area contributed by atoms with E-state index in [4.69, 9.17) is 0 Å². The van der Waals surface area contributed by atoms with E-state index in [-0.39, 0.29) is 11.8 Å². The normalized spacial score (nSPS) is 13.5. The lowest BCUT2D eigenvalue weighted by Gasteiger charge is -2.30. The van der Waals surface area contributed by atoms with Crippen molar-refractivity contribution in [3.05, 3.63) is 53.6 Å². The average molecular weight is 380 g/mol. The number of nitrogens with zero attached hydrogens (tertiary/aromatic N) is 2. The van der Waals surface area contributed by atoms with Crippen LogP contribution in [0.25, 0.3) is 0 Å². The second-order valence-corrected chi connectivity index (χ2v) is 7.97. The van der Waals surface area contributed by atoms with Crippen LogP contribution in [0.5, 0.6) is 0 Å². The van der Waals surface area contributed by atoms with Crippen LogP contribution in [-0.2, 0) is 11.2 Å². The van der Waals surface area contributed by atoms with E-state index in [1.807, 2.05) is 66.4 Å². The molecule has 2 aromatic rings. The summed E-state index contributed by atoms with van der Waals surface area (Å²) < 4.78 is 0. The Morgan fingerprint density at radius 1 is 1.14 bits per heavy atom. The van der Waals surface area contributed by atoms with Gasteiger partial charge in [0.2, 0.25) is 5.91 Å². The summed E-state index contributed by atoms with van der Waals surface area (Å²) in [6, 6.07) is 13.4. The van der Waals surface area contributed by atoms with Gasteiger partial charge in [-0.25, -0.2) is 0 Å². The van der Waals surface area contributed by atoms with E-state index in [0.29, 0.717) is 24.3 Å². The zero-order chi connectivity index (χ0) is 20.3. The van der Waals surface area contributed by atoms with E-state index in [9.17, 15) is 9.59 Å². The molecule has 2 amide bonds. The standard InChI is InChI=1S/C23H29N3O2/c1-16(2)12-13-26-21-10-9-19(14-17(21)8-11-22(26)27)24-23(28)18-6-5-7-20(15-18)25(3)4/h5-7,9-10,14-16H,8,11-13H2,1-4H3,(H,24,28). The Kier molecular flexibility index (Phi) is 6.02. The molecule has 1 aliphatic rings. The van der Waals surface area contributed by atoms with E-state index in [0.717, 1.165) is 35.6 Å². The zero-order valence-electron chi connectivity index (χ0n) is 17.2. The highest BCUT2D eigenvalue weighted by atomic mass is 16.2. The van der Waals surface area contributed by atoms with Crippen molar-refractivity contribution in [3.8, 4) is 0 Å². The zero-order valence-corrected chi connectivity index (χ0v) is 17.2. The van der Waals surface area contributed by atoms with Crippen LogP contribution in [0.3, 0.4) is 0 Å². The van der Waals surface area contributed by atoms with E-state index in [1.165, 1.54) is 0 Å². The number of amides is 2.